The fourth-order valence-corrected chi connectivity index (χ4v) is 1.23. The number of aliphatic carboxylic acids is 1. The van der Waals surface area contributed by atoms with Crippen LogP contribution in [0.15, 0.2) is 12.2 Å². The molecular formula is C9H13NO4. The molecule has 5 heteroatoms. The number of nitrogens with one attached hydrogen (secondary N) is 1. The van der Waals surface area contributed by atoms with Gasteiger partial charge in [0.2, 0.25) is 0 Å². The molecular weight excluding hydrogens is 186 g/mol. The van der Waals surface area contributed by atoms with E-state index in [0.29, 0.717) is 18.5 Å². The van der Waals surface area contributed by atoms with E-state index >= 15 is 0 Å². The second kappa shape index (κ2) is 4.23. The molecule has 0 aromatic heterocycles. The number of esters is 1. The molecule has 14 heavy (non-hydrogen) atoms. The molecule has 1 fully saturated rings. The van der Waals surface area contributed by atoms with E-state index < -0.39 is 18.0 Å². The number of hydrogen-bond donors (Lipinski definition) is 2. The predicted molar refractivity (Wildman–Crippen MR) is 48.7 cm³/mol. The zero-order valence-corrected chi connectivity index (χ0v) is 7.95. The first kappa shape index (κ1) is 10.7. The van der Waals surface area contributed by atoms with Crippen LogP contribution in [0, 0.1) is 0 Å². The second-order valence-corrected chi connectivity index (χ2v) is 3.34. The van der Waals surface area contributed by atoms with Gasteiger partial charge in [-0.25, -0.2) is 4.79 Å². The summed E-state index contributed by atoms with van der Waals surface area (Å²) in [5.74, 6) is -1.39. The molecule has 0 saturated carbocycles. The highest BCUT2D eigenvalue weighted by Crippen LogP contribution is 2.11. The average molecular weight is 199 g/mol. The summed E-state index contributed by atoms with van der Waals surface area (Å²) in [7, 11) is 0. The third-order valence-electron chi connectivity index (χ3n) is 2.01. The third-order valence-corrected chi connectivity index (χ3v) is 2.01. The van der Waals surface area contributed by atoms with E-state index in [1.165, 1.54) is 0 Å². The normalized spacial score (nSPS) is 25.8. The first-order valence-corrected chi connectivity index (χ1v) is 4.33. The molecule has 0 amide bonds. The topological polar surface area (TPSA) is 75.6 Å². The van der Waals surface area contributed by atoms with Crippen LogP contribution in [0.3, 0.4) is 0 Å². The molecule has 0 bridgehead atoms. The van der Waals surface area contributed by atoms with Gasteiger partial charge in [-0.05, 0) is 6.92 Å². The van der Waals surface area contributed by atoms with Crippen molar-refractivity contribution in [2.75, 3.05) is 6.54 Å². The fraction of sp³-hybridized carbons (Fsp3) is 0.556. The maximum Gasteiger partial charge on any atom is 0.333 e. The van der Waals surface area contributed by atoms with E-state index in [1.54, 1.807) is 6.92 Å². The van der Waals surface area contributed by atoms with Crippen molar-refractivity contribution in [2.24, 2.45) is 0 Å². The highest BCUT2D eigenvalue weighted by molar-refractivity contribution is 5.87. The molecule has 5 nitrogen and oxygen atoms in total. The van der Waals surface area contributed by atoms with Crippen molar-refractivity contribution in [3.63, 3.8) is 0 Å². The van der Waals surface area contributed by atoms with Crippen molar-refractivity contribution in [1.82, 2.24) is 5.32 Å². The van der Waals surface area contributed by atoms with Gasteiger partial charge in [-0.3, -0.25) is 4.79 Å². The van der Waals surface area contributed by atoms with Gasteiger partial charge in [0.25, 0.3) is 0 Å². The third kappa shape index (κ3) is 2.56. The number of carboxylic acid groups (broad SMARTS) is 1. The van der Waals surface area contributed by atoms with Crippen molar-refractivity contribution < 1.29 is 19.4 Å². The van der Waals surface area contributed by atoms with Gasteiger partial charge in [-0.15, -0.1) is 0 Å². The van der Waals surface area contributed by atoms with E-state index in [-0.39, 0.29) is 6.10 Å². The summed E-state index contributed by atoms with van der Waals surface area (Å²) in [6.07, 6.45) is -0.0470. The molecule has 1 rings (SSSR count). The molecule has 2 atom stereocenters. The van der Waals surface area contributed by atoms with Gasteiger partial charge in [0.1, 0.15) is 12.1 Å². The molecule has 1 aliphatic heterocycles. The number of carbonyl (C=O) groups excluding carboxylic acids is 1. The van der Waals surface area contributed by atoms with Crippen LogP contribution in [-0.4, -0.2) is 35.7 Å². The van der Waals surface area contributed by atoms with Crippen LogP contribution >= 0.6 is 0 Å². The first-order chi connectivity index (χ1) is 6.50. The molecule has 78 valence electrons. The van der Waals surface area contributed by atoms with Gasteiger partial charge in [0.05, 0.1) is 0 Å². The quantitative estimate of drug-likeness (QED) is 0.491. The molecule has 1 saturated heterocycles. The standard InChI is InChI=1S/C9H13NO4/c1-5(2)9(13)14-6-3-7(8(11)12)10-4-6/h6-7,10H,1,3-4H2,2H3,(H,11,12)/t6-,7+/m1/s1. The van der Waals surface area contributed by atoms with E-state index in [0.717, 1.165) is 0 Å². The number of hydrogen-bond acceptors (Lipinski definition) is 4. The average Bonchev–Trinajstić information content (AvgIpc) is 2.52. The number of ether oxygens (including phenoxy) is 1. The lowest BCUT2D eigenvalue weighted by Crippen LogP contribution is -2.30. The number of rotatable bonds is 3. The lowest BCUT2D eigenvalue weighted by atomic mass is 10.2. The smallest absolute Gasteiger partial charge is 0.333 e. The van der Waals surface area contributed by atoms with E-state index in [2.05, 4.69) is 11.9 Å². The van der Waals surface area contributed by atoms with Gasteiger partial charge < -0.3 is 15.2 Å². The van der Waals surface area contributed by atoms with Crippen molar-refractivity contribution >= 4 is 11.9 Å². The highest BCUT2D eigenvalue weighted by atomic mass is 16.5. The van der Waals surface area contributed by atoms with Crippen molar-refractivity contribution in [2.45, 2.75) is 25.5 Å². The molecule has 0 unspecified atom stereocenters. The Hall–Kier alpha value is -1.36. The van der Waals surface area contributed by atoms with Crippen molar-refractivity contribution in [3.8, 4) is 0 Å². The number of carboxylic acids is 1. The van der Waals surface area contributed by atoms with Crippen LogP contribution in [0.5, 0.6) is 0 Å². The Balaban J connectivity index is 2.40. The molecule has 0 aliphatic carbocycles. The van der Waals surface area contributed by atoms with E-state index in [1.807, 2.05) is 0 Å². The Labute approximate surface area is 81.7 Å². The number of carbonyl (C=O) groups is 2. The van der Waals surface area contributed by atoms with Gasteiger partial charge in [-0.1, -0.05) is 6.58 Å². The molecule has 1 aliphatic rings. The summed E-state index contributed by atoms with van der Waals surface area (Å²) >= 11 is 0. The van der Waals surface area contributed by atoms with Gasteiger partial charge in [0.15, 0.2) is 0 Å². The molecule has 0 aromatic rings. The van der Waals surface area contributed by atoms with E-state index in [4.69, 9.17) is 9.84 Å². The summed E-state index contributed by atoms with van der Waals surface area (Å²) in [6.45, 7) is 5.38. The van der Waals surface area contributed by atoms with Gasteiger partial charge in [0, 0.05) is 18.5 Å². The van der Waals surface area contributed by atoms with Crippen LogP contribution in [0.1, 0.15) is 13.3 Å². The molecule has 0 spiro atoms. The molecule has 0 radical (unpaired) electrons. The van der Waals surface area contributed by atoms with Gasteiger partial charge >= 0.3 is 11.9 Å². The Morgan fingerprint density at radius 3 is 2.64 bits per heavy atom. The maximum absolute atomic E-state index is 11.1. The monoisotopic (exact) mass is 199 g/mol. The zero-order valence-electron chi connectivity index (χ0n) is 7.95. The fourth-order valence-electron chi connectivity index (χ4n) is 1.23. The Kier molecular flexibility index (Phi) is 3.24. The lowest BCUT2D eigenvalue weighted by molar-refractivity contribution is -0.145. The summed E-state index contributed by atoms with van der Waals surface area (Å²) in [4.78, 5) is 21.6. The van der Waals surface area contributed by atoms with Crippen LogP contribution in [0.25, 0.3) is 0 Å². The predicted octanol–water partition coefficient (Wildman–Crippen LogP) is -0.0792. The van der Waals surface area contributed by atoms with Crippen LogP contribution < -0.4 is 5.32 Å². The summed E-state index contributed by atoms with van der Waals surface area (Å²) in [5.41, 5.74) is 0.323. The second-order valence-electron chi connectivity index (χ2n) is 3.34. The summed E-state index contributed by atoms with van der Waals surface area (Å²) in [6, 6.07) is -0.613. The molecule has 2 N–H and O–H groups in total. The zero-order chi connectivity index (χ0) is 10.7. The lowest BCUT2D eigenvalue weighted by Gasteiger charge is -2.10. The maximum atomic E-state index is 11.1. The molecule has 0 aromatic carbocycles. The minimum absolute atomic E-state index is 0.314. The summed E-state index contributed by atoms with van der Waals surface area (Å²) < 4.78 is 4.99. The Morgan fingerprint density at radius 1 is 1.57 bits per heavy atom. The first-order valence-electron chi connectivity index (χ1n) is 4.33. The SMILES string of the molecule is C=C(C)C(=O)O[C@H]1CN[C@H](C(=O)O)C1. The van der Waals surface area contributed by atoms with Crippen molar-refractivity contribution in [1.29, 1.82) is 0 Å². The van der Waals surface area contributed by atoms with Crippen molar-refractivity contribution in [3.05, 3.63) is 12.2 Å². The highest BCUT2D eigenvalue weighted by Gasteiger charge is 2.31. The Morgan fingerprint density at radius 2 is 2.21 bits per heavy atom. The van der Waals surface area contributed by atoms with Crippen LogP contribution in [0.2, 0.25) is 0 Å². The Bertz CT molecular complexity index is 274. The van der Waals surface area contributed by atoms with E-state index in [9.17, 15) is 9.59 Å². The largest absolute Gasteiger partial charge is 0.480 e. The minimum Gasteiger partial charge on any atom is -0.480 e. The van der Waals surface area contributed by atoms with Gasteiger partial charge in [-0.2, -0.15) is 0 Å². The molecule has 1 heterocycles. The van der Waals surface area contributed by atoms with Crippen LogP contribution in [-0.2, 0) is 14.3 Å². The van der Waals surface area contributed by atoms with Crippen LogP contribution in [0.4, 0.5) is 0 Å². The minimum atomic E-state index is -0.918. The summed E-state index contributed by atoms with van der Waals surface area (Å²) in [5, 5.41) is 11.4.